The van der Waals surface area contributed by atoms with Crippen LogP contribution in [0.4, 0.5) is 0 Å². The normalized spacial score (nSPS) is 24.8. The Balaban J connectivity index is 1.36. The molecule has 0 amide bonds. The molecule has 2 fully saturated rings. The Kier molecular flexibility index (Phi) is 5.64. The average molecular weight is 368 g/mol. The van der Waals surface area contributed by atoms with Crippen molar-refractivity contribution in [1.82, 2.24) is 19.4 Å². The fraction of sp³-hybridized carbons (Fsp3) is 0.571. The van der Waals surface area contributed by atoms with Crippen LogP contribution in [0.1, 0.15) is 38.5 Å². The lowest BCUT2D eigenvalue weighted by Gasteiger charge is -2.41. The van der Waals surface area contributed by atoms with E-state index in [1.54, 1.807) is 29.4 Å². The van der Waals surface area contributed by atoms with Gasteiger partial charge in [-0.1, -0.05) is 12.8 Å². The summed E-state index contributed by atoms with van der Waals surface area (Å²) in [6.07, 6.45) is 11.5. The zero-order chi connectivity index (χ0) is 18.6. The highest BCUT2D eigenvalue weighted by molar-refractivity contribution is 5.56. The van der Waals surface area contributed by atoms with Gasteiger partial charge in [-0.05, 0) is 56.8 Å². The Labute approximate surface area is 159 Å². The van der Waals surface area contributed by atoms with Gasteiger partial charge in [0.15, 0.2) is 0 Å². The van der Waals surface area contributed by atoms with Gasteiger partial charge in [-0.25, -0.2) is 4.98 Å². The van der Waals surface area contributed by atoms with E-state index in [9.17, 15) is 9.90 Å². The SMILES string of the molecule is O=c1cc(-c2cccnc2)ncn1CC1CCN(C2CCCCC2O)CC1. The van der Waals surface area contributed by atoms with Crippen LogP contribution in [-0.2, 0) is 6.54 Å². The molecule has 2 unspecified atom stereocenters. The third-order valence-electron chi connectivity index (χ3n) is 6.10. The number of piperidine rings is 1. The second kappa shape index (κ2) is 8.31. The molecule has 2 aliphatic rings. The smallest absolute Gasteiger partial charge is 0.253 e. The molecule has 6 nitrogen and oxygen atoms in total. The summed E-state index contributed by atoms with van der Waals surface area (Å²) in [6.45, 7) is 2.75. The molecule has 1 saturated carbocycles. The molecule has 27 heavy (non-hydrogen) atoms. The minimum absolute atomic E-state index is 0.00557. The van der Waals surface area contributed by atoms with Crippen LogP contribution in [0.3, 0.4) is 0 Å². The molecule has 0 spiro atoms. The van der Waals surface area contributed by atoms with E-state index in [1.165, 1.54) is 6.42 Å². The molecule has 144 valence electrons. The van der Waals surface area contributed by atoms with Crippen LogP contribution in [-0.4, -0.2) is 49.8 Å². The number of aromatic nitrogens is 3. The number of hydrogen-bond acceptors (Lipinski definition) is 5. The van der Waals surface area contributed by atoms with Gasteiger partial charge in [-0.15, -0.1) is 0 Å². The molecule has 2 aromatic rings. The van der Waals surface area contributed by atoms with E-state index in [-0.39, 0.29) is 11.7 Å². The molecule has 0 aromatic carbocycles. The number of nitrogens with zero attached hydrogens (tertiary/aromatic N) is 4. The van der Waals surface area contributed by atoms with Crippen LogP contribution >= 0.6 is 0 Å². The first kappa shape index (κ1) is 18.3. The molecular formula is C21H28N4O2. The van der Waals surface area contributed by atoms with Gasteiger partial charge in [0, 0.05) is 36.6 Å². The van der Waals surface area contributed by atoms with Crippen molar-refractivity contribution in [3.8, 4) is 11.3 Å². The molecule has 2 atom stereocenters. The molecule has 1 aliphatic heterocycles. The monoisotopic (exact) mass is 368 g/mol. The number of rotatable bonds is 4. The quantitative estimate of drug-likeness (QED) is 0.897. The van der Waals surface area contributed by atoms with Gasteiger partial charge in [0.25, 0.3) is 5.56 Å². The fourth-order valence-electron chi connectivity index (χ4n) is 4.50. The molecule has 4 rings (SSSR count). The predicted molar refractivity (Wildman–Crippen MR) is 104 cm³/mol. The van der Waals surface area contributed by atoms with Crippen molar-refractivity contribution >= 4 is 0 Å². The summed E-state index contributed by atoms with van der Waals surface area (Å²) in [7, 11) is 0. The van der Waals surface area contributed by atoms with Gasteiger partial charge in [0.2, 0.25) is 0 Å². The van der Waals surface area contributed by atoms with Crippen molar-refractivity contribution in [2.75, 3.05) is 13.1 Å². The third-order valence-corrected chi connectivity index (χ3v) is 6.10. The van der Waals surface area contributed by atoms with Gasteiger partial charge in [-0.3, -0.25) is 19.2 Å². The zero-order valence-electron chi connectivity index (χ0n) is 15.7. The standard InChI is InChI=1S/C21H28N4O2/c26-20-6-2-1-5-19(20)24-10-7-16(8-11-24)14-25-15-23-18(12-21(25)27)17-4-3-9-22-13-17/h3-4,9,12-13,15-16,19-20,26H,1-2,5-8,10-11,14H2. The van der Waals surface area contributed by atoms with Crippen LogP contribution in [0, 0.1) is 5.92 Å². The van der Waals surface area contributed by atoms with Crippen molar-refractivity contribution in [2.45, 2.75) is 57.2 Å². The summed E-state index contributed by atoms with van der Waals surface area (Å²) in [4.78, 5) is 23.5. The van der Waals surface area contributed by atoms with Crippen LogP contribution in [0.5, 0.6) is 0 Å². The molecule has 6 heteroatoms. The van der Waals surface area contributed by atoms with E-state index in [2.05, 4.69) is 14.9 Å². The highest BCUT2D eigenvalue weighted by Crippen LogP contribution is 2.28. The van der Waals surface area contributed by atoms with Gasteiger partial charge in [0.1, 0.15) is 0 Å². The largest absolute Gasteiger partial charge is 0.391 e. The number of aliphatic hydroxyl groups excluding tert-OH is 1. The number of aliphatic hydroxyl groups is 1. The van der Waals surface area contributed by atoms with Crippen molar-refractivity contribution in [2.24, 2.45) is 5.92 Å². The number of hydrogen-bond donors (Lipinski definition) is 1. The number of pyridine rings is 1. The van der Waals surface area contributed by atoms with Gasteiger partial charge >= 0.3 is 0 Å². The van der Waals surface area contributed by atoms with Crippen molar-refractivity contribution in [3.63, 3.8) is 0 Å². The van der Waals surface area contributed by atoms with Gasteiger partial charge in [0.05, 0.1) is 18.1 Å². The first-order valence-corrected chi connectivity index (χ1v) is 10.1. The Morgan fingerprint density at radius 1 is 1.15 bits per heavy atom. The lowest BCUT2D eigenvalue weighted by molar-refractivity contribution is 0.00273. The van der Waals surface area contributed by atoms with Gasteiger partial charge < -0.3 is 5.11 Å². The van der Waals surface area contributed by atoms with Crippen LogP contribution in [0.2, 0.25) is 0 Å². The minimum Gasteiger partial charge on any atom is -0.391 e. The summed E-state index contributed by atoms with van der Waals surface area (Å²) in [5, 5.41) is 10.3. The average Bonchev–Trinajstić information content (AvgIpc) is 2.71. The highest BCUT2D eigenvalue weighted by Gasteiger charge is 2.31. The van der Waals surface area contributed by atoms with Crippen LogP contribution in [0.25, 0.3) is 11.3 Å². The second-order valence-corrected chi connectivity index (χ2v) is 7.90. The zero-order valence-corrected chi connectivity index (χ0v) is 15.7. The van der Waals surface area contributed by atoms with Crippen LogP contribution < -0.4 is 5.56 Å². The van der Waals surface area contributed by atoms with Crippen molar-refractivity contribution in [1.29, 1.82) is 0 Å². The van der Waals surface area contributed by atoms with Crippen LogP contribution in [0.15, 0.2) is 41.7 Å². The highest BCUT2D eigenvalue weighted by atomic mass is 16.3. The maximum atomic E-state index is 12.5. The summed E-state index contributed by atoms with van der Waals surface area (Å²) in [5.41, 5.74) is 1.53. The molecule has 0 bridgehead atoms. The predicted octanol–water partition coefficient (Wildman–Crippen LogP) is 2.32. The molecular weight excluding hydrogens is 340 g/mol. The molecule has 1 N–H and O–H groups in total. The summed E-state index contributed by atoms with van der Waals surface area (Å²) >= 11 is 0. The topological polar surface area (TPSA) is 71.2 Å². The number of likely N-dealkylation sites (tertiary alicyclic amines) is 1. The molecule has 2 aromatic heterocycles. The Hall–Kier alpha value is -2.05. The summed E-state index contributed by atoms with van der Waals surface area (Å²) in [5.74, 6) is 0.491. The lowest BCUT2D eigenvalue weighted by atomic mass is 9.88. The molecule has 1 saturated heterocycles. The van der Waals surface area contributed by atoms with Gasteiger partial charge in [-0.2, -0.15) is 0 Å². The van der Waals surface area contributed by atoms with E-state index in [1.807, 2.05) is 12.1 Å². The molecule has 0 radical (unpaired) electrons. The Morgan fingerprint density at radius 2 is 1.96 bits per heavy atom. The lowest BCUT2D eigenvalue weighted by Crippen LogP contribution is -2.49. The van der Waals surface area contributed by atoms with Crippen molar-refractivity contribution in [3.05, 3.63) is 47.3 Å². The Bertz CT molecular complexity index is 799. The van der Waals surface area contributed by atoms with Crippen molar-refractivity contribution < 1.29 is 5.11 Å². The maximum Gasteiger partial charge on any atom is 0.253 e. The van der Waals surface area contributed by atoms with E-state index in [0.717, 1.165) is 57.3 Å². The maximum absolute atomic E-state index is 12.5. The minimum atomic E-state index is -0.165. The summed E-state index contributed by atoms with van der Waals surface area (Å²) < 4.78 is 1.73. The first-order chi connectivity index (χ1) is 13.2. The second-order valence-electron chi connectivity index (χ2n) is 7.90. The third kappa shape index (κ3) is 4.28. The molecule has 3 heterocycles. The van der Waals surface area contributed by atoms with E-state index >= 15 is 0 Å². The van der Waals surface area contributed by atoms with E-state index in [0.29, 0.717) is 17.7 Å². The Morgan fingerprint density at radius 3 is 2.67 bits per heavy atom. The fourth-order valence-corrected chi connectivity index (χ4v) is 4.50. The summed E-state index contributed by atoms with van der Waals surface area (Å²) in [6, 6.07) is 5.70. The van der Waals surface area contributed by atoms with E-state index < -0.39 is 0 Å². The van der Waals surface area contributed by atoms with E-state index in [4.69, 9.17) is 0 Å². The molecule has 1 aliphatic carbocycles. The first-order valence-electron chi connectivity index (χ1n) is 10.1.